The lowest BCUT2D eigenvalue weighted by Crippen LogP contribution is -2.36. The third kappa shape index (κ3) is 6.91. The minimum absolute atomic E-state index is 0.00743. The highest BCUT2D eigenvalue weighted by atomic mass is 32.2. The average molecular weight is 639 g/mol. The van der Waals surface area contributed by atoms with Gasteiger partial charge in [-0.05, 0) is 67.5 Å². The monoisotopic (exact) mass is 638 g/mol. The van der Waals surface area contributed by atoms with E-state index in [0.717, 1.165) is 50.8 Å². The second-order valence-corrected chi connectivity index (χ2v) is 13.8. The predicted molar refractivity (Wildman–Crippen MR) is 172 cm³/mol. The summed E-state index contributed by atoms with van der Waals surface area (Å²) in [6.07, 6.45) is 6.52. The Bertz CT molecular complexity index is 1530. The molecule has 3 fully saturated rings. The number of nitrogens with one attached hydrogen (secondary N) is 4. The molecule has 5 heterocycles. The van der Waals surface area contributed by atoms with Crippen molar-refractivity contribution in [3.63, 3.8) is 0 Å². The highest BCUT2D eigenvalue weighted by Crippen LogP contribution is 2.46. The second-order valence-electron chi connectivity index (χ2n) is 12.5. The Morgan fingerprint density at radius 2 is 1.67 bits per heavy atom. The SMILES string of the molecule is CC1=C(CCC(=O)O)/C(=C/c2[nH]c(/C=C3\NC(=O)[C@H](C)[C@H]3[C@H]3CS3)c(C)c2CCC(=O)O)NC1C[C@H]1NC(=O)/C(=C\CO)C1C. The van der Waals surface area contributed by atoms with Gasteiger partial charge < -0.3 is 36.3 Å². The van der Waals surface area contributed by atoms with Gasteiger partial charge in [-0.1, -0.05) is 19.9 Å². The van der Waals surface area contributed by atoms with E-state index in [-0.39, 0.29) is 61.1 Å². The van der Waals surface area contributed by atoms with Crippen LogP contribution in [0.1, 0.15) is 69.0 Å². The molecule has 2 amide bonds. The number of carbonyl (C=O) groups excluding carboxylic acids is 2. The van der Waals surface area contributed by atoms with Crippen LogP contribution in [0, 0.1) is 24.7 Å². The van der Waals surface area contributed by atoms with Crippen molar-refractivity contribution in [2.45, 2.75) is 77.1 Å². The molecular weight excluding hydrogens is 596 g/mol. The molecule has 45 heavy (non-hydrogen) atoms. The van der Waals surface area contributed by atoms with E-state index >= 15 is 0 Å². The summed E-state index contributed by atoms with van der Waals surface area (Å²) >= 11 is 1.84. The van der Waals surface area contributed by atoms with Crippen LogP contribution in [0.2, 0.25) is 0 Å². The van der Waals surface area contributed by atoms with Crippen LogP contribution in [0.4, 0.5) is 0 Å². The van der Waals surface area contributed by atoms with Gasteiger partial charge in [-0.2, -0.15) is 11.8 Å². The quantitative estimate of drug-likeness (QED) is 0.134. The largest absolute Gasteiger partial charge is 0.481 e. The average Bonchev–Trinajstić information content (AvgIpc) is 3.56. The number of hydrogen-bond acceptors (Lipinski definition) is 7. The number of carboxylic acid groups (broad SMARTS) is 2. The molecule has 1 aromatic rings. The van der Waals surface area contributed by atoms with Crippen molar-refractivity contribution in [3.8, 4) is 0 Å². The molecule has 12 heteroatoms. The van der Waals surface area contributed by atoms with Crippen molar-refractivity contribution >= 4 is 47.7 Å². The number of carbonyl (C=O) groups is 4. The molecule has 6 atom stereocenters. The van der Waals surface area contributed by atoms with Crippen molar-refractivity contribution in [1.82, 2.24) is 20.9 Å². The van der Waals surface area contributed by atoms with E-state index in [0.29, 0.717) is 30.1 Å². The number of aromatic amines is 1. The first-order valence-corrected chi connectivity index (χ1v) is 16.5. The summed E-state index contributed by atoms with van der Waals surface area (Å²) in [5.41, 5.74) is 7.35. The fraction of sp³-hybridized carbons (Fsp3) is 0.515. The summed E-state index contributed by atoms with van der Waals surface area (Å²) in [4.78, 5) is 51.7. The number of aliphatic carboxylic acids is 2. The molecule has 4 aliphatic heterocycles. The van der Waals surface area contributed by atoms with Crippen LogP contribution in [0.5, 0.6) is 0 Å². The first-order chi connectivity index (χ1) is 21.4. The molecule has 0 saturated carbocycles. The van der Waals surface area contributed by atoms with E-state index in [1.807, 2.05) is 51.6 Å². The molecule has 11 nitrogen and oxygen atoms in total. The van der Waals surface area contributed by atoms with E-state index in [9.17, 15) is 34.5 Å². The summed E-state index contributed by atoms with van der Waals surface area (Å²) in [5, 5.41) is 38.4. The fourth-order valence-electron chi connectivity index (χ4n) is 6.92. The van der Waals surface area contributed by atoms with Crippen molar-refractivity contribution in [2.24, 2.45) is 17.8 Å². The smallest absolute Gasteiger partial charge is 0.303 e. The number of hydrogen-bond donors (Lipinski definition) is 7. The fourth-order valence-corrected chi connectivity index (χ4v) is 7.83. The van der Waals surface area contributed by atoms with Gasteiger partial charge in [-0.15, -0.1) is 0 Å². The Labute approximate surface area is 266 Å². The third-order valence-corrected chi connectivity index (χ3v) is 10.7. The summed E-state index contributed by atoms with van der Waals surface area (Å²) in [7, 11) is 0. The Morgan fingerprint density at radius 3 is 2.31 bits per heavy atom. The van der Waals surface area contributed by atoms with E-state index in [2.05, 4.69) is 20.9 Å². The molecule has 5 rings (SSSR count). The zero-order valence-corrected chi connectivity index (χ0v) is 26.8. The van der Waals surface area contributed by atoms with E-state index < -0.39 is 11.9 Å². The first kappa shape index (κ1) is 32.6. The van der Waals surface area contributed by atoms with Crippen LogP contribution in [-0.2, 0) is 25.6 Å². The van der Waals surface area contributed by atoms with Gasteiger partial charge in [-0.3, -0.25) is 19.2 Å². The second kappa shape index (κ2) is 13.3. The van der Waals surface area contributed by atoms with Crippen LogP contribution in [0.15, 0.2) is 34.2 Å². The molecule has 7 N–H and O–H groups in total. The number of aliphatic hydroxyl groups excluding tert-OH is 1. The zero-order chi connectivity index (χ0) is 32.6. The van der Waals surface area contributed by atoms with E-state index in [1.54, 1.807) is 0 Å². The van der Waals surface area contributed by atoms with Crippen molar-refractivity contribution in [1.29, 1.82) is 0 Å². The van der Waals surface area contributed by atoms with E-state index in [4.69, 9.17) is 0 Å². The minimum atomic E-state index is -0.906. The molecule has 2 unspecified atom stereocenters. The van der Waals surface area contributed by atoms with Gasteiger partial charge in [-0.25, -0.2) is 0 Å². The summed E-state index contributed by atoms with van der Waals surface area (Å²) < 4.78 is 0. The van der Waals surface area contributed by atoms with Gasteiger partial charge in [0, 0.05) is 82.0 Å². The van der Waals surface area contributed by atoms with Crippen LogP contribution in [0.25, 0.3) is 12.2 Å². The number of aliphatic hydroxyl groups is 1. The molecule has 3 saturated heterocycles. The molecule has 242 valence electrons. The predicted octanol–water partition coefficient (Wildman–Crippen LogP) is 3.12. The van der Waals surface area contributed by atoms with Crippen molar-refractivity contribution in [2.75, 3.05) is 12.4 Å². The highest BCUT2D eigenvalue weighted by Gasteiger charge is 2.45. The number of H-pyrrole nitrogens is 1. The molecule has 0 aromatic carbocycles. The Balaban J connectivity index is 1.49. The number of amides is 2. The number of thioether (sulfide) groups is 1. The maximum absolute atomic E-state index is 12.6. The lowest BCUT2D eigenvalue weighted by molar-refractivity contribution is -0.138. The lowest BCUT2D eigenvalue weighted by Gasteiger charge is -2.21. The maximum Gasteiger partial charge on any atom is 0.303 e. The normalized spacial score (nSPS) is 30.4. The van der Waals surface area contributed by atoms with Gasteiger partial charge in [0.05, 0.1) is 6.61 Å². The van der Waals surface area contributed by atoms with Gasteiger partial charge in [0.1, 0.15) is 0 Å². The molecule has 4 aliphatic rings. The summed E-state index contributed by atoms with van der Waals surface area (Å²) in [6, 6.07) is -0.324. The van der Waals surface area contributed by atoms with Gasteiger partial charge in [0.25, 0.3) is 0 Å². The van der Waals surface area contributed by atoms with Gasteiger partial charge >= 0.3 is 11.9 Å². The van der Waals surface area contributed by atoms with Crippen LogP contribution < -0.4 is 16.0 Å². The third-order valence-electron chi connectivity index (χ3n) is 9.68. The van der Waals surface area contributed by atoms with Crippen LogP contribution in [-0.4, -0.2) is 73.7 Å². The zero-order valence-electron chi connectivity index (χ0n) is 26.0. The molecule has 1 aromatic heterocycles. The number of allylic oxidation sites excluding steroid dienone is 2. The molecule has 0 radical (unpaired) electrons. The Hall–Kier alpha value is -3.77. The molecule has 0 aliphatic carbocycles. The lowest BCUT2D eigenvalue weighted by atomic mass is 9.90. The minimum Gasteiger partial charge on any atom is -0.481 e. The standard InChI is InChI=1S/C33H42N4O7S/c1-15-19(5-7-29(39)40)25(34-22(15)11-24-17(3)21(9-10-38)33(44)36-24)13-26-20(6-8-30(41)42)16(2)23(35-26)12-27-31(28-14-45-28)18(4)32(43)37-27/h9,12-13,17-18,22,24,28,31,34-35,38H,5-8,10-11,14H2,1-4H3,(H,36,44)(H,37,43)(H,39,40)(H,41,42)/b21-9-,25-13-,27-12-/t17?,18-,22?,24-,28-,31-/m1/s1. The molecule has 0 bridgehead atoms. The van der Waals surface area contributed by atoms with Gasteiger partial charge in [0.2, 0.25) is 11.8 Å². The van der Waals surface area contributed by atoms with Crippen molar-refractivity contribution in [3.05, 3.63) is 56.7 Å². The number of rotatable bonds is 12. The highest BCUT2D eigenvalue weighted by molar-refractivity contribution is 8.06. The number of aromatic nitrogens is 1. The Morgan fingerprint density at radius 1 is 0.978 bits per heavy atom. The van der Waals surface area contributed by atoms with Crippen LogP contribution >= 0.6 is 11.8 Å². The molecular formula is C33H42N4O7S. The van der Waals surface area contributed by atoms with Crippen molar-refractivity contribution < 1.29 is 34.5 Å². The maximum atomic E-state index is 12.6. The Kier molecular flexibility index (Phi) is 9.64. The van der Waals surface area contributed by atoms with Gasteiger partial charge in [0.15, 0.2) is 0 Å². The summed E-state index contributed by atoms with van der Waals surface area (Å²) in [6.45, 7) is 7.61. The first-order valence-electron chi connectivity index (χ1n) is 15.5. The number of carboxylic acids is 2. The van der Waals surface area contributed by atoms with Crippen LogP contribution in [0.3, 0.4) is 0 Å². The molecule has 0 spiro atoms. The van der Waals surface area contributed by atoms with E-state index in [1.165, 1.54) is 6.08 Å². The topological polar surface area (TPSA) is 181 Å². The summed E-state index contributed by atoms with van der Waals surface area (Å²) in [5.74, 6) is -1.09.